The van der Waals surface area contributed by atoms with E-state index in [2.05, 4.69) is 15.9 Å². The molecule has 1 aliphatic carbocycles. The van der Waals surface area contributed by atoms with Gasteiger partial charge in [-0.25, -0.2) is 9.37 Å². The molecule has 0 saturated carbocycles. The van der Waals surface area contributed by atoms with Crippen LogP contribution in [0.2, 0.25) is 0 Å². The average molecular weight is 717 g/mol. The Balaban J connectivity index is 1.22. The Labute approximate surface area is 309 Å². The number of ether oxygens (including phenoxy) is 1. The van der Waals surface area contributed by atoms with Crippen molar-refractivity contribution in [3.63, 3.8) is 0 Å². The molecule has 0 radical (unpaired) electrons. The van der Waals surface area contributed by atoms with Crippen molar-refractivity contribution in [2.75, 3.05) is 49.7 Å². The van der Waals surface area contributed by atoms with E-state index in [-0.39, 0.29) is 17.7 Å². The monoisotopic (exact) mass is 716 g/mol. The first-order valence-corrected chi connectivity index (χ1v) is 18.4. The number of carbonyl (C=O) groups excluding carboxylic acids is 2. The van der Waals surface area contributed by atoms with Crippen LogP contribution in [0.1, 0.15) is 51.3 Å². The van der Waals surface area contributed by atoms with E-state index in [1.807, 2.05) is 49.9 Å². The zero-order valence-electron chi connectivity index (χ0n) is 30.4. The van der Waals surface area contributed by atoms with Crippen LogP contribution in [-0.2, 0) is 42.5 Å². The molecular weight excluding hydrogens is 671 g/mol. The van der Waals surface area contributed by atoms with Crippen molar-refractivity contribution >= 4 is 29.0 Å². The fraction of sp³-hybridized carbons (Fsp3) is 0.357. The highest BCUT2D eigenvalue weighted by Gasteiger charge is 2.50. The Hall–Kier alpha value is -5.26. The van der Waals surface area contributed by atoms with E-state index >= 15 is 9.18 Å². The van der Waals surface area contributed by atoms with Crippen molar-refractivity contribution in [2.45, 2.75) is 50.5 Å². The molecule has 4 aromatic rings. The summed E-state index contributed by atoms with van der Waals surface area (Å²) in [6.45, 7) is 6.08. The van der Waals surface area contributed by atoms with Gasteiger partial charge in [-0.15, -0.1) is 0 Å². The maximum atomic E-state index is 17.8. The third kappa shape index (κ3) is 6.31. The van der Waals surface area contributed by atoms with Crippen LogP contribution in [0.15, 0.2) is 91.2 Å². The molecule has 1 N–H and O–H groups in total. The van der Waals surface area contributed by atoms with Crippen LogP contribution in [0.25, 0.3) is 0 Å². The summed E-state index contributed by atoms with van der Waals surface area (Å²) in [7, 11) is 3.86. The van der Waals surface area contributed by atoms with Crippen molar-refractivity contribution in [1.29, 1.82) is 0 Å². The number of halogens is 1. The molecule has 11 heteroatoms. The first-order valence-electron chi connectivity index (χ1n) is 18.4. The van der Waals surface area contributed by atoms with Gasteiger partial charge in [0.05, 0.1) is 36.6 Å². The van der Waals surface area contributed by atoms with E-state index in [0.717, 1.165) is 29.9 Å². The van der Waals surface area contributed by atoms with Crippen molar-refractivity contribution in [2.24, 2.45) is 7.05 Å². The Kier molecular flexibility index (Phi) is 9.16. The van der Waals surface area contributed by atoms with Gasteiger partial charge in [-0.1, -0.05) is 42.5 Å². The number of morpholine rings is 1. The summed E-state index contributed by atoms with van der Waals surface area (Å²) in [5.74, 6) is -0.930. The number of aromatic nitrogens is 2. The molecule has 1 fully saturated rings. The number of amides is 2. The normalized spacial score (nSPS) is 22.5. The number of fused-ring (bicyclic) bond motifs is 2. The first-order chi connectivity index (χ1) is 25.6. The van der Waals surface area contributed by atoms with E-state index < -0.39 is 17.5 Å². The molecule has 10 nitrogen and oxygen atoms in total. The van der Waals surface area contributed by atoms with Gasteiger partial charge in [0.15, 0.2) is 0 Å². The summed E-state index contributed by atoms with van der Waals surface area (Å²) in [5.41, 5.74) is 3.64. The summed E-state index contributed by atoms with van der Waals surface area (Å²) in [5, 5.41) is 10.2. The average Bonchev–Trinajstić information content (AvgIpc) is 3.70. The Morgan fingerprint density at radius 3 is 2.51 bits per heavy atom. The maximum absolute atomic E-state index is 17.8. The molecule has 274 valence electrons. The van der Waals surface area contributed by atoms with E-state index in [0.29, 0.717) is 74.1 Å². The highest BCUT2D eigenvalue weighted by atomic mass is 19.1. The lowest BCUT2D eigenvalue weighted by Gasteiger charge is -2.40. The molecular formula is C42H45FN6O4. The number of hydrogen-bond acceptors (Lipinski definition) is 7. The number of allylic oxidation sites excluding steroid dienone is 3. The van der Waals surface area contributed by atoms with Crippen molar-refractivity contribution < 1.29 is 23.8 Å². The largest absolute Gasteiger partial charge is 0.508 e. The second-order valence-electron chi connectivity index (χ2n) is 14.6. The summed E-state index contributed by atoms with van der Waals surface area (Å²) in [4.78, 5) is 42.0. The number of anilines is 3. The van der Waals surface area contributed by atoms with Gasteiger partial charge >= 0.3 is 0 Å². The number of phenols is 1. The van der Waals surface area contributed by atoms with E-state index in [1.54, 1.807) is 64.6 Å². The standard InChI is InChI=1S/C42H45FN6O4/c1-28-22-29-8-4-5-9-31(29)26-48(28)41(52)42(43)16-7-6-10-36(42)37-24-35(38(46(37)3)27-47-18-20-53-21-19-47)40(51)49(32-11-13-34(50)14-12-32)33-23-30-15-17-45(2)39(30)44-25-33/h4-14,16,23-25,28,36,50H,15,17-22,26-27H2,1-3H3/t28-,36?,42?/m1/s1. The number of nitrogens with zero attached hydrogens (tertiary/aromatic N) is 6. The van der Waals surface area contributed by atoms with Crippen molar-refractivity contribution in [1.82, 2.24) is 19.4 Å². The quantitative estimate of drug-likeness (QED) is 0.258. The Bertz CT molecular complexity index is 2100. The molecule has 2 amide bonds. The second kappa shape index (κ2) is 13.9. The van der Waals surface area contributed by atoms with Crippen LogP contribution < -0.4 is 9.80 Å². The SMILES string of the molecule is C[C@@H]1Cc2ccccc2CN1C(=O)C1(F)C=CC=CC1c1cc(C(=O)N(c2ccc(O)cc2)c2cnc3c(c2)CCN3C)c(CN2CCOCC2)n1C. The number of pyridine rings is 1. The van der Waals surface area contributed by atoms with Gasteiger partial charge in [0.25, 0.3) is 11.8 Å². The van der Waals surface area contributed by atoms with Crippen LogP contribution in [0.5, 0.6) is 5.75 Å². The molecule has 2 aromatic carbocycles. The third-order valence-corrected chi connectivity index (χ3v) is 11.3. The molecule has 3 aliphatic heterocycles. The molecule has 53 heavy (non-hydrogen) atoms. The number of carbonyl (C=O) groups is 2. The summed E-state index contributed by atoms with van der Waals surface area (Å²) in [6.07, 6.45) is 9.64. The fourth-order valence-electron chi connectivity index (χ4n) is 8.25. The summed E-state index contributed by atoms with van der Waals surface area (Å²) < 4.78 is 25.3. The topological polar surface area (TPSA) is 94.4 Å². The van der Waals surface area contributed by atoms with E-state index in [1.165, 1.54) is 11.6 Å². The zero-order valence-corrected chi connectivity index (χ0v) is 30.4. The zero-order chi connectivity index (χ0) is 36.9. The molecule has 5 heterocycles. The number of rotatable bonds is 7. The fourth-order valence-corrected chi connectivity index (χ4v) is 8.25. The molecule has 4 aliphatic rings. The van der Waals surface area contributed by atoms with Crippen LogP contribution in [-0.4, -0.2) is 87.9 Å². The highest BCUT2D eigenvalue weighted by Crippen LogP contribution is 2.43. The van der Waals surface area contributed by atoms with Crippen molar-refractivity contribution in [3.8, 4) is 5.75 Å². The molecule has 8 rings (SSSR count). The lowest BCUT2D eigenvalue weighted by Crippen LogP contribution is -2.53. The molecule has 3 atom stereocenters. The van der Waals surface area contributed by atoms with Gasteiger partial charge in [-0.05, 0) is 78.9 Å². The van der Waals surface area contributed by atoms with Crippen LogP contribution >= 0.6 is 0 Å². The van der Waals surface area contributed by atoms with Gasteiger partial charge in [0.2, 0.25) is 5.67 Å². The van der Waals surface area contributed by atoms with Gasteiger partial charge in [0, 0.05) is 69.9 Å². The highest BCUT2D eigenvalue weighted by molar-refractivity contribution is 6.12. The molecule has 0 bridgehead atoms. The minimum absolute atomic E-state index is 0.0810. The van der Waals surface area contributed by atoms with Crippen LogP contribution in [0, 0.1) is 0 Å². The molecule has 0 spiro atoms. The van der Waals surface area contributed by atoms with Crippen LogP contribution in [0.3, 0.4) is 0 Å². The number of phenolic OH excluding ortho intramolecular Hbond substituents is 1. The lowest BCUT2D eigenvalue weighted by atomic mass is 9.80. The number of alkyl halides is 1. The number of benzene rings is 2. The van der Waals surface area contributed by atoms with Gasteiger partial charge in [-0.3, -0.25) is 19.4 Å². The first kappa shape index (κ1) is 34.8. The maximum Gasteiger partial charge on any atom is 0.265 e. The molecule has 2 unspecified atom stereocenters. The van der Waals surface area contributed by atoms with Gasteiger partial charge in [0.1, 0.15) is 11.6 Å². The number of aromatic hydroxyl groups is 1. The molecule has 2 aromatic heterocycles. The summed E-state index contributed by atoms with van der Waals surface area (Å²) >= 11 is 0. The lowest BCUT2D eigenvalue weighted by molar-refractivity contribution is -0.145. The molecule has 1 saturated heterocycles. The van der Waals surface area contributed by atoms with E-state index in [4.69, 9.17) is 9.72 Å². The second-order valence-corrected chi connectivity index (χ2v) is 14.6. The predicted molar refractivity (Wildman–Crippen MR) is 202 cm³/mol. The summed E-state index contributed by atoms with van der Waals surface area (Å²) in [6, 6.07) is 18.1. The van der Waals surface area contributed by atoms with Crippen LogP contribution in [0.4, 0.5) is 21.6 Å². The minimum Gasteiger partial charge on any atom is -0.508 e. The number of hydrogen-bond donors (Lipinski definition) is 1. The number of likely N-dealkylation sites (N-methyl/N-ethyl adjacent to an activating group) is 1. The Morgan fingerprint density at radius 1 is 0.981 bits per heavy atom. The Morgan fingerprint density at radius 2 is 1.74 bits per heavy atom. The third-order valence-electron chi connectivity index (χ3n) is 11.3. The van der Waals surface area contributed by atoms with Crippen molar-refractivity contribution in [3.05, 3.63) is 125 Å². The predicted octanol–water partition coefficient (Wildman–Crippen LogP) is 5.82. The minimum atomic E-state index is -2.38. The van der Waals surface area contributed by atoms with Gasteiger partial charge in [-0.2, -0.15) is 0 Å². The smallest absolute Gasteiger partial charge is 0.265 e. The van der Waals surface area contributed by atoms with E-state index in [9.17, 15) is 9.90 Å². The van der Waals surface area contributed by atoms with Gasteiger partial charge < -0.3 is 24.2 Å².